The van der Waals surface area contributed by atoms with Crippen LogP contribution in [-0.2, 0) is 19.5 Å². The summed E-state index contributed by atoms with van der Waals surface area (Å²) < 4.78 is 7.40. The van der Waals surface area contributed by atoms with Crippen LogP contribution in [0.5, 0.6) is 5.88 Å². The number of carbonyl (C=O) groups is 1. The highest BCUT2D eigenvalue weighted by atomic mass is 16.5. The molecule has 1 amide bonds. The van der Waals surface area contributed by atoms with Gasteiger partial charge in [0, 0.05) is 31.4 Å². The van der Waals surface area contributed by atoms with E-state index in [4.69, 9.17) is 4.74 Å². The van der Waals surface area contributed by atoms with E-state index in [0.717, 1.165) is 43.1 Å². The van der Waals surface area contributed by atoms with Gasteiger partial charge in [-0.1, -0.05) is 30.3 Å². The van der Waals surface area contributed by atoms with Crippen LogP contribution in [-0.4, -0.2) is 27.3 Å². The Kier molecular flexibility index (Phi) is 4.24. The first-order valence-electron chi connectivity index (χ1n) is 8.47. The van der Waals surface area contributed by atoms with Crippen molar-refractivity contribution in [2.75, 3.05) is 6.61 Å². The van der Waals surface area contributed by atoms with E-state index in [-0.39, 0.29) is 5.91 Å². The number of nitrogens with one attached hydrogen (secondary N) is 2. The minimum absolute atomic E-state index is 0.0981. The van der Waals surface area contributed by atoms with Crippen molar-refractivity contribution in [1.29, 1.82) is 0 Å². The Morgan fingerprint density at radius 3 is 3.00 bits per heavy atom. The topological polar surface area (TPSA) is 71.9 Å². The van der Waals surface area contributed by atoms with Gasteiger partial charge >= 0.3 is 0 Å². The molecule has 2 N–H and O–H groups in total. The van der Waals surface area contributed by atoms with Crippen molar-refractivity contribution >= 4 is 5.91 Å². The Morgan fingerprint density at radius 1 is 1.28 bits per heavy atom. The van der Waals surface area contributed by atoms with Crippen molar-refractivity contribution in [2.45, 2.75) is 25.9 Å². The molecule has 0 unspecified atom stereocenters. The lowest BCUT2D eigenvalue weighted by Gasteiger charge is -2.13. The van der Waals surface area contributed by atoms with Crippen LogP contribution in [0.3, 0.4) is 0 Å². The van der Waals surface area contributed by atoms with E-state index < -0.39 is 0 Å². The molecular formula is C19H20N4O2. The number of amides is 1. The second-order valence-electron chi connectivity index (χ2n) is 6.14. The SMILES string of the molecule is O=C(NCc1cc2n(n1)CCCO2)c1c[nH]cc1Cc1ccccc1. The van der Waals surface area contributed by atoms with Crippen LogP contribution >= 0.6 is 0 Å². The lowest BCUT2D eigenvalue weighted by Crippen LogP contribution is -2.23. The molecule has 1 aromatic carbocycles. The average molecular weight is 336 g/mol. The number of nitrogens with zero attached hydrogens (tertiary/aromatic N) is 2. The van der Waals surface area contributed by atoms with Gasteiger partial charge in [0.25, 0.3) is 5.91 Å². The molecular weight excluding hydrogens is 316 g/mol. The summed E-state index contributed by atoms with van der Waals surface area (Å²) in [6.45, 7) is 1.98. The second kappa shape index (κ2) is 6.84. The molecule has 3 heterocycles. The molecule has 0 saturated heterocycles. The van der Waals surface area contributed by atoms with Crippen molar-refractivity contribution < 1.29 is 9.53 Å². The van der Waals surface area contributed by atoms with Crippen LogP contribution in [0.15, 0.2) is 48.8 Å². The van der Waals surface area contributed by atoms with E-state index in [1.54, 1.807) is 6.20 Å². The predicted molar refractivity (Wildman–Crippen MR) is 93.5 cm³/mol. The zero-order valence-corrected chi connectivity index (χ0v) is 13.9. The first kappa shape index (κ1) is 15.5. The minimum Gasteiger partial charge on any atom is -0.478 e. The van der Waals surface area contributed by atoms with E-state index >= 15 is 0 Å². The number of benzene rings is 1. The number of hydrogen-bond donors (Lipinski definition) is 2. The van der Waals surface area contributed by atoms with Gasteiger partial charge in [0.05, 0.1) is 24.4 Å². The summed E-state index contributed by atoms with van der Waals surface area (Å²) in [6.07, 6.45) is 5.31. The molecule has 0 saturated carbocycles. The predicted octanol–water partition coefficient (Wildman–Crippen LogP) is 2.51. The summed E-state index contributed by atoms with van der Waals surface area (Å²) in [4.78, 5) is 15.6. The second-order valence-corrected chi connectivity index (χ2v) is 6.14. The summed E-state index contributed by atoms with van der Waals surface area (Å²) in [7, 11) is 0. The lowest BCUT2D eigenvalue weighted by atomic mass is 10.0. The first-order valence-corrected chi connectivity index (χ1v) is 8.47. The third-order valence-corrected chi connectivity index (χ3v) is 4.30. The van der Waals surface area contributed by atoms with Gasteiger partial charge < -0.3 is 15.0 Å². The number of rotatable bonds is 5. The third kappa shape index (κ3) is 3.42. The normalized spacial score (nSPS) is 13.1. The molecule has 3 aromatic rings. The fraction of sp³-hybridized carbons (Fsp3) is 0.263. The molecule has 0 bridgehead atoms. The van der Waals surface area contributed by atoms with Crippen molar-refractivity contribution in [3.8, 4) is 5.88 Å². The number of ether oxygens (including phenoxy) is 1. The molecule has 128 valence electrons. The van der Waals surface area contributed by atoms with Crippen molar-refractivity contribution in [3.63, 3.8) is 0 Å². The Hall–Kier alpha value is -3.02. The highest BCUT2D eigenvalue weighted by molar-refractivity contribution is 5.95. The minimum atomic E-state index is -0.0981. The van der Waals surface area contributed by atoms with Gasteiger partial charge in [0.2, 0.25) is 5.88 Å². The summed E-state index contributed by atoms with van der Waals surface area (Å²) in [5.74, 6) is 0.681. The Labute approximate surface area is 145 Å². The molecule has 2 aromatic heterocycles. The molecule has 0 spiro atoms. The molecule has 0 aliphatic carbocycles. The highest BCUT2D eigenvalue weighted by Gasteiger charge is 2.16. The molecule has 1 aliphatic heterocycles. The molecule has 25 heavy (non-hydrogen) atoms. The summed E-state index contributed by atoms with van der Waals surface area (Å²) in [5.41, 5.74) is 3.64. The van der Waals surface area contributed by atoms with Gasteiger partial charge in [-0.25, -0.2) is 4.68 Å². The van der Waals surface area contributed by atoms with Crippen LogP contribution < -0.4 is 10.1 Å². The molecule has 6 nitrogen and oxygen atoms in total. The number of H-pyrrole nitrogens is 1. The maximum absolute atomic E-state index is 12.5. The molecule has 0 fully saturated rings. The van der Waals surface area contributed by atoms with E-state index in [1.807, 2.05) is 35.1 Å². The van der Waals surface area contributed by atoms with E-state index in [9.17, 15) is 4.79 Å². The fourth-order valence-corrected chi connectivity index (χ4v) is 3.04. The van der Waals surface area contributed by atoms with Gasteiger partial charge in [-0.05, 0) is 17.5 Å². The number of carbonyl (C=O) groups excluding carboxylic acids is 1. The van der Waals surface area contributed by atoms with E-state index in [2.05, 4.69) is 27.5 Å². The van der Waals surface area contributed by atoms with Gasteiger partial charge in [0.1, 0.15) is 0 Å². The van der Waals surface area contributed by atoms with Crippen LogP contribution in [0.2, 0.25) is 0 Å². The maximum Gasteiger partial charge on any atom is 0.253 e. The Bertz CT molecular complexity index is 843. The van der Waals surface area contributed by atoms with Gasteiger partial charge in [-0.3, -0.25) is 4.79 Å². The Balaban J connectivity index is 1.41. The Morgan fingerprint density at radius 2 is 2.16 bits per heavy atom. The van der Waals surface area contributed by atoms with Crippen LogP contribution in [0, 0.1) is 0 Å². The first-order chi connectivity index (χ1) is 12.3. The average Bonchev–Trinajstić information content (AvgIpc) is 3.27. The van der Waals surface area contributed by atoms with Crippen LogP contribution in [0.1, 0.15) is 33.6 Å². The largest absolute Gasteiger partial charge is 0.478 e. The van der Waals surface area contributed by atoms with Crippen LogP contribution in [0.25, 0.3) is 0 Å². The monoisotopic (exact) mass is 336 g/mol. The van der Waals surface area contributed by atoms with Gasteiger partial charge in [-0.2, -0.15) is 5.10 Å². The summed E-state index contributed by atoms with van der Waals surface area (Å²) in [5, 5.41) is 7.41. The van der Waals surface area contributed by atoms with Crippen LogP contribution in [0.4, 0.5) is 0 Å². The van der Waals surface area contributed by atoms with Gasteiger partial charge in [-0.15, -0.1) is 0 Å². The standard InChI is InChI=1S/C19H20N4O2/c24-19(21-12-16-10-18-23(22-16)7-4-8-25-18)17-13-20-11-15(17)9-14-5-2-1-3-6-14/h1-3,5-6,10-11,13,20H,4,7-9,12H2,(H,21,24). The summed E-state index contributed by atoms with van der Waals surface area (Å²) in [6, 6.07) is 12.0. The summed E-state index contributed by atoms with van der Waals surface area (Å²) >= 11 is 0. The molecule has 1 aliphatic rings. The fourth-order valence-electron chi connectivity index (χ4n) is 3.04. The molecule has 0 atom stereocenters. The smallest absolute Gasteiger partial charge is 0.253 e. The van der Waals surface area contributed by atoms with Crippen molar-refractivity contribution in [2.24, 2.45) is 0 Å². The zero-order chi connectivity index (χ0) is 17.1. The number of aryl methyl sites for hydroxylation is 1. The van der Waals surface area contributed by atoms with E-state index in [1.165, 1.54) is 5.56 Å². The quantitative estimate of drug-likeness (QED) is 0.752. The number of aromatic nitrogens is 3. The molecule has 4 rings (SSSR count). The van der Waals surface area contributed by atoms with E-state index in [0.29, 0.717) is 12.1 Å². The lowest BCUT2D eigenvalue weighted by molar-refractivity contribution is 0.0949. The van der Waals surface area contributed by atoms with Gasteiger partial charge in [0.15, 0.2) is 0 Å². The molecule has 6 heteroatoms. The van der Waals surface area contributed by atoms with Crippen molar-refractivity contribution in [1.82, 2.24) is 20.1 Å². The van der Waals surface area contributed by atoms with Crippen molar-refractivity contribution in [3.05, 3.63) is 71.2 Å². The maximum atomic E-state index is 12.5. The third-order valence-electron chi connectivity index (χ3n) is 4.30. The zero-order valence-electron chi connectivity index (χ0n) is 13.9. The number of hydrogen-bond acceptors (Lipinski definition) is 3. The molecule has 0 radical (unpaired) electrons. The number of fused-ring (bicyclic) bond motifs is 1. The number of aromatic amines is 1. The highest BCUT2D eigenvalue weighted by Crippen LogP contribution is 2.18.